The fourth-order valence-electron chi connectivity index (χ4n) is 3.97. The van der Waals surface area contributed by atoms with E-state index < -0.39 is 23.7 Å². The van der Waals surface area contributed by atoms with Crippen LogP contribution in [0.5, 0.6) is 11.5 Å². The second kappa shape index (κ2) is 9.04. The minimum Gasteiger partial charge on any atom is -0.493 e. The molecule has 2 amide bonds. The molecule has 32 heavy (non-hydrogen) atoms. The smallest absolute Gasteiger partial charge is 0.322 e. The lowest BCUT2D eigenvalue weighted by molar-refractivity contribution is 0.193. The van der Waals surface area contributed by atoms with E-state index in [0.717, 1.165) is 28.8 Å². The zero-order chi connectivity index (χ0) is 22.8. The fraction of sp³-hybridized carbons (Fsp3) is 0.208. The van der Waals surface area contributed by atoms with Crippen LogP contribution in [0.1, 0.15) is 22.7 Å². The zero-order valence-electron chi connectivity index (χ0n) is 17.5. The first-order valence-corrected chi connectivity index (χ1v) is 10.3. The first-order valence-electron chi connectivity index (χ1n) is 9.94. The molecule has 1 aliphatic heterocycles. The minimum atomic E-state index is -0.851. The van der Waals surface area contributed by atoms with E-state index in [9.17, 15) is 13.6 Å². The van der Waals surface area contributed by atoms with Crippen LogP contribution in [0, 0.1) is 11.6 Å². The van der Waals surface area contributed by atoms with Crippen molar-refractivity contribution in [3.63, 3.8) is 0 Å². The summed E-state index contributed by atoms with van der Waals surface area (Å²) >= 11 is 6.51. The van der Waals surface area contributed by atoms with Gasteiger partial charge in [-0.2, -0.15) is 0 Å². The first-order chi connectivity index (χ1) is 15.4. The van der Waals surface area contributed by atoms with Crippen molar-refractivity contribution >= 4 is 23.3 Å². The maximum Gasteiger partial charge on any atom is 0.322 e. The summed E-state index contributed by atoms with van der Waals surface area (Å²) in [6, 6.07) is 12.9. The molecule has 0 spiro atoms. The number of anilines is 1. The fourth-order valence-corrected chi connectivity index (χ4v) is 4.21. The lowest BCUT2D eigenvalue weighted by atomic mass is 9.87. The molecule has 0 bridgehead atoms. The number of hydrogen-bond acceptors (Lipinski definition) is 3. The Bertz CT molecular complexity index is 1170. The van der Waals surface area contributed by atoms with E-state index in [-0.39, 0.29) is 5.69 Å². The van der Waals surface area contributed by atoms with Crippen LogP contribution >= 0.6 is 11.6 Å². The molecule has 0 unspecified atom stereocenters. The van der Waals surface area contributed by atoms with Crippen LogP contribution in [0.4, 0.5) is 19.3 Å². The molecule has 0 aromatic heterocycles. The average molecular weight is 459 g/mol. The van der Waals surface area contributed by atoms with Crippen LogP contribution in [0.15, 0.2) is 54.6 Å². The van der Waals surface area contributed by atoms with Gasteiger partial charge in [-0.25, -0.2) is 13.6 Å². The summed E-state index contributed by atoms with van der Waals surface area (Å²) in [4.78, 5) is 14.8. The van der Waals surface area contributed by atoms with Gasteiger partial charge in [0.15, 0.2) is 11.5 Å². The number of carbonyl (C=O) groups is 1. The van der Waals surface area contributed by atoms with Gasteiger partial charge < -0.3 is 19.7 Å². The number of halogens is 3. The SMILES string of the molecule is COc1cc2c(cc1OC)[C@@H](c1ccccc1Cl)N(C(=O)Nc1ccc(F)cc1F)CC2. The molecule has 0 aliphatic carbocycles. The van der Waals surface area contributed by atoms with E-state index in [2.05, 4.69) is 5.32 Å². The molecule has 1 atom stereocenters. The second-order valence-corrected chi connectivity index (χ2v) is 7.73. The van der Waals surface area contributed by atoms with Gasteiger partial charge in [0.05, 0.1) is 25.9 Å². The summed E-state index contributed by atoms with van der Waals surface area (Å²) in [6.07, 6.45) is 0.552. The van der Waals surface area contributed by atoms with E-state index in [0.29, 0.717) is 29.5 Å². The second-order valence-electron chi connectivity index (χ2n) is 7.33. The van der Waals surface area contributed by atoms with Crippen molar-refractivity contribution in [1.29, 1.82) is 0 Å². The van der Waals surface area contributed by atoms with Gasteiger partial charge in [-0.15, -0.1) is 0 Å². The Morgan fingerprint density at radius 3 is 2.44 bits per heavy atom. The van der Waals surface area contributed by atoms with Gasteiger partial charge >= 0.3 is 6.03 Å². The molecule has 3 aromatic carbocycles. The van der Waals surface area contributed by atoms with E-state index in [4.69, 9.17) is 21.1 Å². The summed E-state index contributed by atoms with van der Waals surface area (Å²) in [6.45, 7) is 0.354. The van der Waals surface area contributed by atoms with Gasteiger partial charge in [0, 0.05) is 17.6 Å². The van der Waals surface area contributed by atoms with Crippen LogP contribution < -0.4 is 14.8 Å². The number of ether oxygens (including phenoxy) is 2. The van der Waals surface area contributed by atoms with Crippen molar-refractivity contribution in [3.05, 3.63) is 87.9 Å². The predicted octanol–water partition coefficient (Wildman–Crippen LogP) is 5.82. The molecule has 0 saturated carbocycles. The van der Waals surface area contributed by atoms with Gasteiger partial charge in [0.25, 0.3) is 0 Å². The van der Waals surface area contributed by atoms with E-state index in [1.165, 1.54) is 6.07 Å². The number of carbonyl (C=O) groups excluding carboxylic acids is 1. The standard InChI is InChI=1S/C24H21ClF2N2O3/c1-31-21-11-14-9-10-29(24(30)28-20-8-7-15(26)12-19(20)27)23(17(14)13-22(21)32-2)16-5-3-4-6-18(16)25/h3-8,11-13,23H,9-10H2,1-2H3,(H,28,30)/t23-/m1/s1. The summed E-state index contributed by atoms with van der Waals surface area (Å²) in [5, 5.41) is 3.05. The highest BCUT2D eigenvalue weighted by Crippen LogP contribution is 2.42. The summed E-state index contributed by atoms with van der Waals surface area (Å²) in [5.74, 6) is -0.454. The number of fused-ring (bicyclic) bond motifs is 1. The van der Waals surface area contributed by atoms with Crippen LogP contribution in [-0.4, -0.2) is 31.7 Å². The molecule has 0 radical (unpaired) electrons. The molecule has 5 nitrogen and oxygen atoms in total. The van der Waals surface area contributed by atoms with E-state index in [1.807, 2.05) is 30.3 Å². The molecule has 166 valence electrons. The monoisotopic (exact) mass is 458 g/mol. The van der Waals surface area contributed by atoms with Crippen LogP contribution in [0.25, 0.3) is 0 Å². The third-order valence-corrected chi connectivity index (χ3v) is 5.85. The molecule has 0 saturated heterocycles. The Balaban J connectivity index is 1.79. The average Bonchev–Trinajstić information content (AvgIpc) is 2.79. The number of benzene rings is 3. The normalized spacial score (nSPS) is 15.2. The summed E-state index contributed by atoms with van der Waals surface area (Å²) in [7, 11) is 3.11. The highest BCUT2D eigenvalue weighted by atomic mass is 35.5. The van der Waals surface area contributed by atoms with E-state index >= 15 is 0 Å². The highest BCUT2D eigenvalue weighted by molar-refractivity contribution is 6.31. The first kappa shape index (κ1) is 21.9. The molecule has 4 rings (SSSR count). The number of amides is 2. The maximum atomic E-state index is 14.2. The maximum absolute atomic E-state index is 14.2. The quantitative estimate of drug-likeness (QED) is 0.536. The van der Waals surface area contributed by atoms with Crippen LogP contribution in [-0.2, 0) is 6.42 Å². The number of hydrogen-bond donors (Lipinski definition) is 1. The number of nitrogens with one attached hydrogen (secondary N) is 1. The molecular weight excluding hydrogens is 438 g/mol. The third kappa shape index (κ3) is 4.08. The third-order valence-electron chi connectivity index (χ3n) is 5.51. The van der Waals surface area contributed by atoms with Gasteiger partial charge in [0.2, 0.25) is 0 Å². The Hall–Kier alpha value is -3.32. The highest BCUT2D eigenvalue weighted by Gasteiger charge is 2.34. The summed E-state index contributed by atoms with van der Waals surface area (Å²) < 4.78 is 38.3. The molecule has 1 N–H and O–H groups in total. The molecule has 3 aromatic rings. The topological polar surface area (TPSA) is 50.8 Å². The van der Waals surface area contributed by atoms with Crippen molar-refractivity contribution in [2.45, 2.75) is 12.5 Å². The summed E-state index contributed by atoms with van der Waals surface area (Å²) in [5.41, 5.74) is 2.44. The van der Waals surface area contributed by atoms with Gasteiger partial charge in [-0.1, -0.05) is 29.8 Å². The van der Waals surface area contributed by atoms with Crippen molar-refractivity contribution in [3.8, 4) is 11.5 Å². The largest absolute Gasteiger partial charge is 0.493 e. The minimum absolute atomic E-state index is 0.104. The number of methoxy groups -OCH3 is 2. The number of nitrogens with zero attached hydrogens (tertiary/aromatic N) is 1. The van der Waals surface area contributed by atoms with Gasteiger partial charge in [0.1, 0.15) is 11.6 Å². The van der Waals surface area contributed by atoms with Gasteiger partial charge in [-0.05, 0) is 53.4 Å². The van der Waals surface area contributed by atoms with Crippen LogP contribution in [0.2, 0.25) is 5.02 Å². The molecular formula is C24H21ClF2N2O3. The molecule has 8 heteroatoms. The molecule has 1 heterocycles. The van der Waals surface area contributed by atoms with Crippen molar-refractivity contribution in [1.82, 2.24) is 4.90 Å². The molecule has 0 fully saturated rings. The van der Waals surface area contributed by atoms with Crippen molar-refractivity contribution in [2.75, 3.05) is 26.1 Å². The van der Waals surface area contributed by atoms with Gasteiger partial charge in [-0.3, -0.25) is 0 Å². The molecule has 1 aliphatic rings. The van der Waals surface area contributed by atoms with Crippen molar-refractivity contribution < 1.29 is 23.0 Å². The number of rotatable bonds is 4. The Morgan fingerprint density at radius 2 is 1.75 bits per heavy atom. The van der Waals surface area contributed by atoms with Crippen molar-refractivity contribution in [2.24, 2.45) is 0 Å². The van der Waals surface area contributed by atoms with Crippen LogP contribution in [0.3, 0.4) is 0 Å². The lowest BCUT2D eigenvalue weighted by Crippen LogP contribution is -2.43. The zero-order valence-corrected chi connectivity index (χ0v) is 18.2. The Kier molecular flexibility index (Phi) is 6.19. The predicted molar refractivity (Wildman–Crippen MR) is 119 cm³/mol. The van der Waals surface area contributed by atoms with E-state index in [1.54, 1.807) is 25.2 Å². The Labute approximate surface area is 189 Å². The lowest BCUT2D eigenvalue weighted by Gasteiger charge is -2.38. The number of urea groups is 1. The Morgan fingerprint density at radius 1 is 1.03 bits per heavy atom.